The largest absolute Gasteiger partial charge is 0.497 e. The predicted molar refractivity (Wildman–Crippen MR) is 84.4 cm³/mol. The van der Waals surface area contributed by atoms with Crippen molar-refractivity contribution in [3.8, 4) is 5.75 Å². The zero-order valence-electron chi connectivity index (χ0n) is 12.8. The van der Waals surface area contributed by atoms with Gasteiger partial charge >= 0.3 is 0 Å². The highest BCUT2D eigenvalue weighted by Gasteiger charge is 2.14. The number of nitrogens with one attached hydrogen (secondary N) is 2. The highest BCUT2D eigenvalue weighted by atomic mass is 16.5. The summed E-state index contributed by atoms with van der Waals surface area (Å²) in [4.78, 5) is 19.5. The molecule has 1 aromatic carbocycles. The van der Waals surface area contributed by atoms with Crippen molar-refractivity contribution in [2.75, 3.05) is 7.11 Å². The standard InChI is InChI=1S/C16H18N4O2/c1-9(2)13-14-15(20-19-13)16(21)18-12(17-14)8-10-4-6-11(22-3)7-5-10/h4-7,9H,8H2,1-3H3,(H,19,20)(H,17,18,21). The summed E-state index contributed by atoms with van der Waals surface area (Å²) in [5.41, 5.74) is 2.75. The number of ether oxygens (including phenoxy) is 1. The summed E-state index contributed by atoms with van der Waals surface area (Å²) >= 11 is 0. The van der Waals surface area contributed by atoms with Gasteiger partial charge in [0.15, 0.2) is 5.52 Å². The van der Waals surface area contributed by atoms with E-state index in [4.69, 9.17) is 4.74 Å². The summed E-state index contributed by atoms with van der Waals surface area (Å²) in [6.07, 6.45) is 0.553. The molecule has 6 nitrogen and oxygen atoms in total. The van der Waals surface area contributed by atoms with E-state index in [9.17, 15) is 4.79 Å². The van der Waals surface area contributed by atoms with Crippen molar-refractivity contribution in [3.05, 3.63) is 51.7 Å². The maximum absolute atomic E-state index is 12.1. The molecular weight excluding hydrogens is 280 g/mol. The van der Waals surface area contributed by atoms with Crippen molar-refractivity contribution >= 4 is 11.0 Å². The molecule has 0 saturated carbocycles. The van der Waals surface area contributed by atoms with Gasteiger partial charge in [-0.25, -0.2) is 4.98 Å². The number of rotatable bonds is 4. The fraction of sp³-hybridized carbons (Fsp3) is 0.312. The SMILES string of the molecule is COc1ccc(Cc2nc3c(C(C)C)[nH]nc3c(=O)[nH]2)cc1. The monoisotopic (exact) mass is 298 g/mol. The van der Waals surface area contributed by atoms with Gasteiger partial charge in [-0.05, 0) is 23.6 Å². The van der Waals surface area contributed by atoms with Crippen LogP contribution in [0.15, 0.2) is 29.1 Å². The minimum absolute atomic E-state index is 0.211. The van der Waals surface area contributed by atoms with Crippen LogP contribution >= 0.6 is 0 Å². The van der Waals surface area contributed by atoms with Crippen LogP contribution in [0.25, 0.3) is 11.0 Å². The first-order valence-electron chi connectivity index (χ1n) is 7.18. The van der Waals surface area contributed by atoms with Crippen LogP contribution < -0.4 is 10.3 Å². The van der Waals surface area contributed by atoms with E-state index in [2.05, 4.69) is 20.2 Å². The lowest BCUT2D eigenvalue weighted by Crippen LogP contribution is -2.12. The van der Waals surface area contributed by atoms with E-state index in [1.54, 1.807) is 7.11 Å². The van der Waals surface area contributed by atoms with Crippen molar-refractivity contribution < 1.29 is 4.74 Å². The first kappa shape index (κ1) is 14.3. The summed E-state index contributed by atoms with van der Waals surface area (Å²) in [7, 11) is 1.63. The number of aromatic nitrogens is 4. The van der Waals surface area contributed by atoms with E-state index in [0.717, 1.165) is 17.0 Å². The van der Waals surface area contributed by atoms with Crippen LogP contribution in [0.4, 0.5) is 0 Å². The van der Waals surface area contributed by atoms with Crippen LogP contribution in [-0.2, 0) is 6.42 Å². The summed E-state index contributed by atoms with van der Waals surface area (Å²) in [5.74, 6) is 1.66. The summed E-state index contributed by atoms with van der Waals surface area (Å²) in [5, 5.41) is 6.97. The Morgan fingerprint density at radius 2 is 1.91 bits per heavy atom. The highest BCUT2D eigenvalue weighted by molar-refractivity contribution is 5.76. The number of hydrogen-bond donors (Lipinski definition) is 2. The number of hydrogen-bond acceptors (Lipinski definition) is 4. The van der Waals surface area contributed by atoms with Crippen LogP contribution in [0.1, 0.15) is 36.8 Å². The Labute approximate surface area is 127 Å². The maximum Gasteiger partial charge on any atom is 0.279 e. The first-order valence-corrected chi connectivity index (χ1v) is 7.18. The normalized spacial score (nSPS) is 11.3. The van der Waals surface area contributed by atoms with E-state index in [-0.39, 0.29) is 11.5 Å². The maximum atomic E-state index is 12.1. The predicted octanol–water partition coefficient (Wildman–Crippen LogP) is 2.37. The molecule has 2 heterocycles. The molecular formula is C16H18N4O2. The molecule has 0 amide bonds. The van der Waals surface area contributed by atoms with Gasteiger partial charge in [0.1, 0.15) is 17.1 Å². The molecule has 2 N–H and O–H groups in total. The Balaban J connectivity index is 1.99. The number of benzene rings is 1. The Kier molecular flexibility index (Phi) is 3.66. The molecule has 3 rings (SSSR count). The fourth-order valence-corrected chi connectivity index (χ4v) is 2.40. The molecule has 22 heavy (non-hydrogen) atoms. The van der Waals surface area contributed by atoms with Gasteiger partial charge < -0.3 is 9.72 Å². The van der Waals surface area contributed by atoms with Gasteiger partial charge in [0, 0.05) is 6.42 Å². The zero-order valence-corrected chi connectivity index (χ0v) is 12.8. The van der Waals surface area contributed by atoms with Gasteiger partial charge in [-0.2, -0.15) is 5.10 Å². The third-order valence-electron chi connectivity index (χ3n) is 3.60. The number of methoxy groups -OCH3 is 1. The van der Waals surface area contributed by atoms with Crippen molar-refractivity contribution in [2.24, 2.45) is 0 Å². The lowest BCUT2D eigenvalue weighted by Gasteiger charge is -2.05. The number of fused-ring (bicyclic) bond motifs is 1. The molecule has 0 atom stereocenters. The van der Waals surface area contributed by atoms with E-state index in [1.807, 2.05) is 38.1 Å². The average molecular weight is 298 g/mol. The molecule has 0 aliphatic heterocycles. The van der Waals surface area contributed by atoms with Gasteiger partial charge in [-0.1, -0.05) is 26.0 Å². The Hall–Kier alpha value is -2.63. The third kappa shape index (κ3) is 2.59. The second kappa shape index (κ2) is 5.63. The van der Waals surface area contributed by atoms with E-state index in [0.29, 0.717) is 23.3 Å². The molecule has 0 radical (unpaired) electrons. The number of nitrogens with zero attached hydrogens (tertiary/aromatic N) is 2. The summed E-state index contributed by atoms with van der Waals surface area (Å²) in [6, 6.07) is 7.70. The van der Waals surface area contributed by atoms with Gasteiger partial charge in [0.2, 0.25) is 0 Å². The van der Waals surface area contributed by atoms with Gasteiger partial charge in [-0.3, -0.25) is 9.89 Å². The molecule has 114 valence electrons. The smallest absolute Gasteiger partial charge is 0.279 e. The van der Waals surface area contributed by atoms with Gasteiger partial charge in [0.25, 0.3) is 5.56 Å². The quantitative estimate of drug-likeness (QED) is 0.774. The summed E-state index contributed by atoms with van der Waals surface area (Å²) in [6.45, 7) is 4.08. The molecule has 6 heteroatoms. The molecule has 0 spiro atoms. The van der Waals surface area contributed by atoms with Gasteiger partial charge in [-0.15, -0.1) is 0 Å². The van der Waals surface area contributed by atoms with Crippen molar-refractivity contribution in [3.63, 3.8) is 0 Å². The fourth-order valence-electron chi connectivity index (χ4n) is 2.40. The van der Waals surface area contributed by atoms with E-state index >= 15 is 0 Å². The second-order valence-corrected chi connectivity index (χ2v) is 5.53. The average Bonchev–Trinajstić information content (AvgIpc) is 2.92. The topological polar surface area (TPSA) is 83.7 Å². The lowest BCUT2D eigenvalue weighted by molar-refractivity contribution is 0.414. The van der Waals surface area contributed by atoms with Crippen LogP contribution in [0.5, 0.6) is 5.75 Å². The Morgan fingerprint density at radius 1 is 1.18 bits per heavy atom. The van der Waals surface area contributed by atoms with Gasteiger partial charge in [0.05, 0.1) is 12.8 Å². The number of aromatic amines is 2. The third-order valence-corrected chi connectivity index (χ3v) is 3.60. The van der Waals surface area contributed by atoms with Crippen LogP contribution in [0.2, 0.25) is 0 Å². The second-order valence-electron chi connectivity index (χ2n) is 5.53. The minimum Gasteiger partial charge on any atom is -0.497 e. The molecule has 0 aliphatic carbocycles. The zero-order chi connectivity index (χ0) is 15.7. The molecule has 3 aromatic rings. The molecule has 0 aliphatic rings. The van der Waals surface area contributed by atoms with Crippen LogP contribution in [-0.4, -0.2) is 27.3 Å². The minimum atomic E-state index is -0.211. The molecule has 0 fully saturated rings. The molecule has 0 saturated heterocycles. The van der Waals surface area contributed by atoms with Crippen molar-refractivity contribution in [1.82, 2.24) is 20.2 Å². The molecule has 0 unspecified atom stereocenters. The lowest BCUT2D eigenvalue weighted by atomic mass is 10.1. The van der Waals surface area contributed by atoms with Crippen molar-refractivity contribution in [2.45, 2.75) is 26.2 Å². The Bertz CT molecular complexity index is 847. The summed E-state index contributed by atoms with van der Waals surface area (Å²) < 4.78 is 5.14. The van der Waals surface area contributed by atoms with Crippen LogP contribution in [0.3, 0.4) is 0 Å². The number of H-pyrrole nitrogens is 2. The van der Waals surface area contributed by atoms with Crippen LogP contribution in [0, 0.1) is 0 Å². The highest BCUT2D eigenvalue weighted by Crippen LogP contribution is 2.19. The molecule has 0 bridgehead atoms. The van der Waals surface area contributed by atoms with E-state index < -0.39 is 0 Å². The van der Waals surface area contributed by atoms with Crippen molar-refractivity contribution in [1.29, 1.82) is 0 Å². The Morgan fingerprint density at radius 3 is 2.55 bits per heavy atom. The van der Waals surface area contributed by atoms with E-state index in [1.165, 1.54) is 0 Å². The first-order chi connectivity index (χ1) is 10.6. The molecule has 2 aromatic heterocycles.